The molecule has 176 valence electrons. The van der Waals surface area contributed by atoms with Crippen molar-refractivity contribution in [1.82, 2.24) is 9.80 Å². The number of hydrogen-bond donors (Lipinski definition) is 2. The Labute approximate surface area is 195 Å². The Morgan fingerprint density at radius 1 is 0.818 bits per heavy atom. The molecule has 1 amide bonds. The fraction of sp³-hybridized carbons (Fsp3) is 0.519. The molecule has 2 aromatic rings. The van der Waals surface area contributed by atoms with Gasteiger partial charge in [-0.25, -0.2) is 4.79 Å². The van der Waals surface area contributed by atoms with Crippen molar-refractivity contribution < 1.29 is 19.7 Å². The number of amides is 1. The lowest BCUT2D eigenvalue weighted by molar-refractivity contribution is 0.0713. The predicted octanol–water partition coefficient (Wildman–Crippen LogP) is 3.14. The van der Waals surface area contributed by atoms with Crippen LogP contribution in [0.3, 0.4) is 0 Å². The molecule has 2 aliphatic heterocycles. The van der Waals surface area contributed by atoms with E-state index in [1.165, 1.54) is 18.5 Å². The SMILES string of the molecule is O=C(OCc1ccccc1)N1C[C@@H]2C[C@@H]2C1CO.OCC1[C@H]2C[C@H]2CN1Cc1ccccc1. The summed E-state index contributed by atoms with van der Waals surface area (Å²) in [4.78, 5) is 16.1. The summed E-state index contributed by atoms with van der Waals surface area (Å²) in [5.74, 6) is 2.76. The highest BCUT2D eigenvalue weighted by Gasteiger charge is 2.54. The number of hydrogen-bond acceptors (Lipinski definition) is 5. The lowest BCUT2D eigenvalue weighted by atomic mass is 10.1. The van der Waals surface area contributed by atoms with Gasteiger partial charge in [0.25, 0.3) is 0 Å². The van der Waals surface area contributed by atoms with Crippen LogP contribution in [0.15, 0.2) is 60.7 Å². The van der Waals surface area contributed by atoms with Gasteiger partial charge in [-0.2, -0.15) is 0 Å². The molecular formula is C27H34N2O4. The third-order valence-corrected chi connectivity index (χ3v) is 7.75. The first kappa shape index (κ1) is 22.4. The molecule has 2 aliphatic carbocycles. The summed E-state index contributed by atoms with van der Waals surface area (Å²) >= 11 is 0. The topological polar surface area (TPSA) is 73.2 Å². The minimum absolute atomic E-state index is 0.0294. The van der Waals surface area contributed by atoms with Crippen LogP contribution in [0.2, 0.25) is 0 Å². The molecule has 0 bridgehead atoms. The number of carbonyl (C=O) groups is 1. The molecule has 6 nitrogen and oxygen atoms in total. The summed E-state index contributed by atoms with van der Waals surface area (Å²) in [5.41, 5.74) is 2.34. The highest BCUT2D eigenvalue weighted by molar-refractivity contribution is 5.69. The Hall–Kier alpha value is -2.41. The van der Waals surface area contributed by atoms with Crippen molar-refractivity contribution in [3.63, 3.8) is 0 Å². The number of ether oxygens (including phenoxy) is 1. The second-order valence-corrected chi connectivity index (χ2v) is 9.93. The van der Waals surface area contributed by atoms with Crippen LogP contribution in [0.1, 0.15) is 24.0 Å². The van der Waals surface area contributed by atoms with Crippen LogP contribution in [0.4, 0.5) is 4.79 Å². The van der Waals surface area contributed by atoms with E-state index in [0.717, 1.165) is 36.9 Å². The van der Waals surface area contributed by atoms with Gasteiger partial charge in [0.15, 0.2) is 0 Å². The Balaban J connectivity index is 0.000000140. The van der Waals surface area contributed by atoms with E-state index in [0.29, 0.717) is 31.1 Å². The van der Waals surface area contributed by atoms with Crippen molar-refractivity contribution in [3.8, 4) is 0 Å². The third kappa shape index (κ3) is 5.08. The van der Waals surface area contributed by atoms with Gasteiger partial charge in [0.2, 0.25) is 0 Å². The van der Waals surface area contributed by atoms with Crippen LogP contribution in [0, 0.1) is 23.7 Å². The van der Waals surface area contributed by atoms with Crippen molar-refractivity contribution in [2.24, 2.45) is 23.7 Å². The molecule has 6 rings (SSSR count). The molecule has 6 heteroatoms. The molecule has 2 saturated carbocycles. The molecule has 4 fully saturated rings. The summed E-state index contributed by atoms with van der Waals surface area (Å²) in [6.45, 7) is 3.59. The second kappa shape index (κ2) is 9.84. The van der Waals surface area contributed by atoms with Crippen LogP contribution in [0.25, 0.3) is 0 Å². The first-order valence-corrected chi connectivity index (χ1v) is 12.1. The van der Waals surface area contributed by atoms with E-state index >= 15 is 0 Å². The molecule has 2 aromatic carbocycles. The van der Waals surface area contributed by atoms with Gasteiger partial charge in [-0.15, -0.1) is 0 Å². The van der Waals surface area contributed by atoms with Gasteiger partial charge < -0.3 is 19.8 Å². The van der Waals surface area contributed by atoms with E-state index in [4.69, 9.17) is 4.74 Å². The van der Waals surface area contributed by atoms with Crippen molar-refractivity contribution >= 4 is 6.09 Å². The largest absolute Gasteiger partial charge is 0.445 e. The van der Waals surface area contributed by atoms with Gasteiger partial charge in [-0.3, -0.25) is 4.90 Å². The predicted molar refractivity (Wildman–Crippen MR) is 125 cm³/mol. The summed E-state index contributed by atoms with van der Waals surface area (Å²) in [5, 5.41) is 18.7. The number of aliphatic hydroxyl groups is 2. The fourth-order valence-corrected chi connectivity index (χ4v) is 5.73. The minimum atomic E-state index is -0.301. The molecular weight excluding hydrogens is 416 g/mol. The van der Waals surface area contributed by atoms with E-state index in [-0.39, 0.29) is 18.7 Å². The maximum absolute atomic E-state index is 11.9. The van der Waals surface area contributed by atoms with Crippen molar-refractivity contribution in [2.45, 2.75) is 38.1 Å². The molecule has 0 spiro atoms. The van der Waals surface area contributed by atoms with Gasteiger partial charge in [0.05, 0.1) is 19.3 Å². The number of piperidine rings is 2. The number of carbonyl (C=O) groups excluding carboxylic acids is 1. The van der Waals surface area contributed by atoms with Gasteiger partial charge in [-0.1, -0.05) is 60.7 Å². The average Bonchev–Trinajstić information content (AvgIpc) is 3.74. The minimum Gasteiger partial charge on any atom is -0.445 e. The van der Waals surface area contributed by atoms with Crippen LogP contribution in [0.5, 0.6) is 0 Å². The molecule has 0 aromatic heterocycles. The number of rotatable bonds is 6. The zero-order chi connectivity index (χ0) is 22.8. The lowest BCUT2D eigenvalue weighted by Gasteiger charge is -2.25. The summed E-state index contributed by atoms with van der Waals surface area (Å²) < 4.78 is 5.29. The standard InChI is InChI=1S/C14H17NO3.C13H17NO/c16-8-13-12-6-11(12)7-15(13)14(17)18-9-10-4-2-1-3-5-10;15-9-13-12-6-11(12)8-14(13)7-10-4-2-1-3-5-10/h1-5,11-13,16H,6-9H2;1-5,11-13,15H,6-9H2/t2*11-,12-,13?/m00/s1. The molecule has 4 aliphatic rings. The van der Waals surface area contributed by atoms with Crippen LogP contribution >= 0.6 is 0 Å². The van der Waals surface area contributed by atoms with E-state index in [1.807, 2.05) is 30.3 Å². The molecule has 6 atom stereocenters. The molecule has 0 radical (unpaired) electrons. The van der Waals surface area contributed by atoms with E-state index in [2.05, 4.69) is 35.2 Å². The van der Waals surface area contributed by atoms with Crippen LogP contribution < -0.4 is 0 Å². The quantitative estimate of drug-likeness (QED) is 0.708. The molecule has 2 unspecified atom stereocenters. The van der Waals surface area contributed by atoms with Gasteiger partial charge in [0, 0.05) is 25.7 Å². The van der Waals surface area contributed by atoms with Crippen molar-refractivity contribution in [1.29, 1.82) is 0 Å². The van der Waals surface area contributed by atoms with Crippen molar-refractivity contribution in [3.05, 3.63) is 71.8 Å². The Morgan fingerprint density at radius 2 is 1.39 bits per heavy atom. The summed E-state index contributed by atoms with van der Waals surface area (Å²) in [7, 11) is 0. The maximum atomic E-state index is 11.9. The third-order valence-electron chi connectivity index (χ3n) is 7.75. The number of likely N-dealkylation sites (tertiary alicyclic amines) is 2. The number of nitrogens with zero attached hydrogens (tertiary/aromatic N) is 2. The molecule has 2 saturated heterocycles. The average molecular weight is 451 g/mol. The number of benzene rings is 2. The smallest absolute Gasteiger partial charge is 0.410 e. The zero-order valence-electron chi connectivity index (χ0n) is 19.0. The molecule has 2 heterocycles. The van der Waals surface area contributed by atoms with Crippen LogP contribution in [-0.2, 0) is 17.9 Å². The van der Waals surface area contributed by atoms with E-state index < -0.39 is 0 Å². The number of fused-ring (bicyclic) bond motifs is 2. The Morgan fingerprint density at radius 3 is 2.03 bits per heavy atom. The highest BCUT2D eigenvalue weighted by atomic mass is 16.6. The Kier molecular flexibility index (Phi) is 6.67. The molecule has 33 heavy (non-hydrogen) atoms. The summed E-state index contributed by atoms with van der Waals surface area (Å²) in [6.07, 6.45) is 2.19. The van der Waals surface area contributed by atoms with E-state index in [9.17, 15) is 15.0 Å². The maximum Gasteiger partial charge on any atom is 0.410 e. The van der Waals surface area contributed by atoms with E-state index in [1.54, 1.807) is 4.90 Å². The second-order valence-electron chi connectivity index (χ2n) is 9.93. The first-order chi connectivity index (χ1) is 16.2. The van der Waals surface area contributed by atoms with Gasteiger partial charge in [-0.05, 0) is 47.6 Å². The monoisotopic (exact) mass is 450 g/mol. The lowest BCUT2D eigenvalue weighted by Crippen LogP contribution is -2.40. The van der Waals surface area contributed by atoms with Gasteiger partial charge in [0.1, 0.15) is 6.61 Å². The normalized spacial score (nSPS) is 31.3. The Bertz CT molecular complexity index is 924. The zero-order valence-corrected chi connectivity index (χ0v) is 19.0. The summed E-state index contributed by atoms with van der Waals surface area (Å²) in [6, 6.07) is 20.6. The van der Waals surface area contributed by atoms with Crippen molar-refractivity contribution in [2.75, 3.05) is 26.3 Å². The fourth-order valence-electron chi connectivity index (χ4n) is 5.73. The van der Waals surface area contributed by atoms with Gasteiger partial charge >= 0.3 is 6.09 Å². The highest BCUT2D eigenvalue weighted by Crippen LogP contribution is 2.50. The molecule has 2 N–H and O–H groups in total. The number of aliphatic hydroxyl groups excluding tert-OH is 2. The first-order valence-electron chi connectivity index (χ1n) is 12.1. The van der Waals surface area contributed by atoms with Crippen LogP contribution in [-0.4, -0.2) is 64.5 Å².